The van der Waals surface area contributed by atoms with E-state index < -0.39 is 0 Å². The summed E-state index contributed by atoms with van der Waals surface area (Å²) in [6.45, 7) is 0. The Bertz CT molecular complexity index is 394. The molecular weight excluding hydrogens is 164 g/mol. The lowest BCUT2D eigenvalue weighted by molar-refractivity contribution is 0.794. The second-order valence-corrected chi connectivity index (χ2v) is 2.56. The molecule has 0 amide bonds. The van der Waals surface area contributed by atoms with Gasteiger partial charge in [0.15, 0.2) is 5.15 Å². The van der Waals surface area contributed by atoms with Crippen molar-refractivity contribution in [2.45, 2.75) is 0 Å². The van der Waals surface area contributed by atoms with Crippen molar-refractivity contribution in [3.05, 3.63) is 17.5 Å². The van der Waals surface area contributed by atoms with E-state index in [4.69, 9.17) is 11.6 Å². The third-order valence-corrected chi connectivity index (χ3v) is 1.81. The molecule has 0 saturated carbocycles. The van der Waals surface area contributed by atoms with E-state index in [9.17, 15) is 0 Å². The quantitative estimate of drug-likeness (QED) is 0.590. The van der Waals surface area contributed by atoms with Gasteiger partial charge in [0, 0.05) is 7.05 Å². The van der Waals surface area contributed by atoms with Crippen molar-refractivity contribution < 1.29 is 0 Å². The van der Waals surface area contributed by atoms with Crippen molar-refractivity contribution in [2.75, 3.05) is 0 Å². The monoisotopic (exact) mass is 168 g/mol. The average molecular weight is 169 g/mol. The lowest BCUT2D eigenvalue weighted by Crippen LogP contribution is -1.90. The maximum Gasteiger partial charge on any atom is 0.162 e. The zero-order chi connectivity index (χ0) is 7.84. The molecule has 2 aromatic rings. The molecule has 0 spiro atoms. The minimum Gasteiger partial charge on any atom is -0.266 e. The van der Waals surface area contributed by atoms with Crippen LogP contribution in [0.25, 0.3) is 10.9 Å². The Morgan fingerprint density at radius 1 is 1.45 bits per heavy atom. The van der Waals surface area contributed by atoms with Crippen LogP contribution in [0.5, 0.6) is 0 Å². The van der Waals surface area contributed by atoms with Gasteiger partial charge in [-0.15, -0.1) is 5.10 Å². The van der Waals surface area contributed by atoms with Crippen molar-refractivity contribution in [3.63, 3.8) is 0 Å². The van der Waals surface area contributed by atoms with Gasteiger partial charge in [0.2, 0.25) is 0 Å². The van der Waals surface area contributed by atoms with Gasteiger partial charge in [-0.2, -0.15) is 10.2 Å². The molecule has 0 fully saturated rings. The summed E-state index contributed by atoms with van der Waals surface area (Å²) >= 11 is 5.74. The van der Waals surface area contributed by atoms with Crippen molar-refractivity contribution >= 4 is 22.5 Å². The highest BCUT2D eigenvalue weighted by molar-refractivity contribution is 6.33. The van der Waals surface area contributed by atoms with Crippen molar-refractivity contribution in [2.24, 2.45) is 7.05 Å². The Morgan fingerprint density at radius 2 is 2.27 bits per heavy atom. The first kappa shape index (κ1) is 6.54. The van der Waals surface area contributed by atoms with Crippen LogP contribution >= 0.6 is 11.6 Å². The lowest BCUT2D eigenvalue weighted by atomic mass is 10.4. The maximum atomic E-state index is 5.74. The molecule has 0 N–H and O–H groups in total. The van der Waals surface area contributed by atoms with E-state index in [0.717, 1.165) is 10.9 Å². The van der Waals surface area contributed by atoms with Crippen molar-refractivity contribution in [3.8, 4) is 0 Å². The van der Waals surface area contributed by atoms with E-state index in [-0.39, 0.29) is 0 Å². The van der Waals surface area contributed by atoms with Gasteiger partial charge in [-0.05, 0) is 0 Å². The summed E-state index contributed by atoms with van der Waals surface area (Å²) in [5, 5.41) is 12.6. The fourth-order valence-corrected chi connectivity index (χ4v) is 1.14. The van der Waals surface area contributed by atoms with Crippen molar-refractivity contribution in [1.29, 1.82) is 0 Å². The van der Waals surface area contributed by atoms with Gasteiger partial charge in [0.25, 0.3) is 0 Å². The van der Waals surface area contributed by atoms with E-state index in [1.54, 1.807) is 17.1 Å². The minimum atomic E-state index is 0.399. The average Bonchev–Trinajstić information content (AvgIpc) is 2.35. The van der Waals surface area contributed by atoms with Crippen LogP contribution in [0.4, 0.5) is 0 Å². The normalized spacial score (nSPS) is 10.7. The fraction of sp³-hybridized carbons (Fsp3) is 0.167. The number of rotatable bonds is 0. The van der Waals surface area contributed by atoms with E-state index in [0.29, 0.717) is 5.15 Å². The van der Waals surface area contributed by atoms with Gasteiger partial charge in [-0.25, -0.2) is 0 Å². The molecule has 0 aliphatic carbocycles. The lowest BCUT2D eigenvalue weighted by Gasteiger charge is -1.91. The predicted octanol–water partition coefficient (Wildman–Crippen LogP) is 1.02. The van der Waals surface area contributed by atoms with Crippen LogP contribution in [-0.2, 0) is 7.05 Å². The molecule has 2 aromatic heterocycles. The molecule has 0 aliphatic heterocycles. The van der Waals surface area contributed by atoms with E-state index >= 15 is 0 Å². The SMILES string of the molecule is Cn1ncc2c(Cl)nncc21. The van der Waals surface area contributed by atoms with Crippen molar-refractivity contribution in [1.82, 2.24) is 20.0 Å². The Morgan fingerprint density at radius 3 is 3.00 bits per heavy atom. The molecule has 0 bridgehead atoms. The molecule has 0 saturated heterocycles. The van der Waals surface area contributed by atoms with Gasteiger partial charge in [0.05, 0.1) is 23.3 Å². The first-order chi connectivity index (χ1) is 5.29. The summed E-state index contributed by atoms with van der Waals surface area (Å²) in [4.78, 5) is 0. The highest BCUT2D eigenvalue weighted by Crippen LogP contribution is 2.17. The molecule has 11 heavy (non-hydrogen) atoms. The molecule has 5 heteroatoms. The highest BCUT2D eigenvalue weighted by atomic mass is 35.5. The van der Waals surface area contributed by atoms with E-state index in [1.165, 1.54) is 0 Å². The van der Waals surface area contributed by atoms with Gasteiger partial charge in [0.1, 0.15) is 0 Å². The van der Waals surface area contributed by atoms with Crippen LogP contribution in [0.2, 0.25) is 5.15 Å². The Kier molecular flexibility index (Phi) is 1.29. The van der Waals surface area contributed by atoms with Crippen LogP contribution in [-0.4, -0.2) is 20.0 Å². The van der Waals surface area contributed by atoms with Crippen LogP contribution in [0.1, 0.15) is 0 Å². The molecule has 0 aromatic carbocycles. The van der Waals surface area contributed by atoms with Gasteiger partial charge >= 0.3 is 0 Å². The van der Waals surface area contributed by atoms with Crippen LogP contribution < -0.4 is 0 Å². The van der Waals surface area contributed by atoms with E-state index in [1.807, 2.05) is 7.05 Å². The van der Waals surface area contributed by atoms with Crippen LogP contribution in [0.3, 0.4) is 0 Å². The first-order valence-electron chi connectivity index (χ1n) is 3.08. The molecule has 2 rings (SSSR count). The second kappa shape index (κ2) is 2.17. The molecule has 56 valence electrons. The molecule has 0 aliphatic rings. The third-order valence-electron chi connectivity index (χ3n) is 1.53. The molecule has 2 heterocycles. The highest BCUT2D eigenvalue weighted by Gasteiger charge is 2.03. The summed E-state index contributed by atoms with van der Waals surface area (Å²) in [7, 11) is 1.83. The van der Waals surface area contributed by atoms with Crippen LogP contribution in [0, 0.1) is 0 Å². The fourth-order valence-electron chi connectivity index (χ4n) is 0.947. The van der Waals surface area contributed by atoms with E-state index in [2.05, 4.69) is 15.3 Å². The number of nitrogens with zero attached hydrogens (tertiary/aromatic N) is 4. The third kappa shape index (κ3) is 0.867. The number of fused-ring (bicyclic) bond motifs is 1. The summed E-state index contributed by atoms with van der Waals surface area (Å²) in [5.74, 6) is 0. The topological polar surface area (TPSA) is 43.6 Å². The minimum absolute atomic E-state index is 0.399. The Hall–Kier alpha value is -1.16. The number of halogens is 1. The zero-order valence-corrected chi connectivity index (χ0v) is 6.58. The summed E-state index contributed by atoms with van der Waals surface area (Å²) in [6.07, 6.45) is 3.31. The number of aromatic nitrogens is 4. The summed E-state index contributed by atoms with van der Waals surface area (Å²) < 4.78 is 1.70. The number of aryl methyl sites for hydroxylation is 1. The molecular formula is C6H5ClN4. The first-order valence-corrected chi connectivity index (χ1v) is 3.46. The molecule has 0 atom stereocenters. The van der Waals surface area contributed by atoms with Gasteiger partial charge < -0.3 is 0 Å². The predicted molar refractivity (Wildman–Crippen MR) is 41.3 cm³/mol. The smallest absolute Gasteiger partial charge is 0.162 e. The molecule has 4 nitrogen and oxygen atoms in total. The van der Waals surface area contributed by atoms with Crippen LogP contribution in [0.15, 0.2) is 12.4 Å². The largest absolute Gasteiger partial charge is 0.266 e. The van der Waals surface area contributed by atoms with Gasteiger partial charge in [-0.1, -0.05) is 11.6 Å². The Labute approximate surface area is 67.8 Å². The van der Waals surface area contributed by atoms with Gasteiger partial charge in [-0.3, -0.25) is 4.68 Å². The molecule has 0 radical (unpaired) electrons. The Balaban J connectivity index is 2.94. The maximum absolute atomic E-state index is 5.74. The standard InChI is InChI=1S/C6H5ClN4/c1-11-5-3-8-10-6(7)4(5)2-9-11/h2-3H,1H3. The zero-order valence-electron chi connectivity index (χ0n) is 5.82. The summed E-state index contributed by atoms with van der Waals surface area (Å²) in [5.41, 5.74) is 0.894. The number of hydrogen-bond donors (Lipinski definition) is 0. The number of hydrogen-bond acceptors (Lipinski definition) is 3. The molecule has 0 unspecified atom stereocenters. The summed E-state index contributed by atoms with van der Waals surface area (Å²) in [6, 6.07) is 0. The second-order valence-electron chi connectivity index (χ2n) is 2.20.